The molecule has 1 saturated heterocycles. The molecule has 1 amide bonds. The van der Waals surface area contributed by atoms with Crippen molar-refractivity contribution in [3.8, 4) is 0 Å². The van der Waals surface area contributed by atoms with Gasteiger partial charge in [-0.2, -0.15) is 0 Å². The summed E-state index contributed by atoms with van der Waals surface area (Å²) in [6.07, 6.45) is 0. The minimum atomic E-state index is -0.0394. The number of rotatable bonds is 4. The first-order chi connectivity index (χ1) is 12.0. The van der Waals surface area contributed by atoms with Gasteiger partial charge in [-0.25, -0.2) is 0 Å². The Hall–Kier alpha value is -1.75. The van der Waals surface area contributed by atoms with Gasteiger partial charge in [0.15, 0.2) is 0 Å². The van der Waals surface area contributed by atoms with Gasteiger partial charge >= 0.3 is 0 Å². The van der Waals surface area contributed by atoms with E-state index in [0.29, 0.717) is 22.3 Å². The molecule has 6 heteroatoms. The number of piperazine rings is 1. The van der Waals surface area contributed by atoms with Gasteiger partial charge in [-0.15, -0.1) is 0 Å². The van der Waals surface area contributed by atoms with Crippen molar-refractivity contribution in [3.05, 3.63) is 58.1 Å². The fourth-order valence-corrected chi connectivity index (χ4v) is 3.26. The van der Waals surface area contributed by atoms with Gasteiger partial charge in [0, 0.05) is 37.6 Å². The van der Waals surface area contributed by atoms with Crippen LogP contribution in [0.3, 0.4) is 0 Å². The van der Waals surface area contributed by atoms with E-state index in [1.54, 1.807) is 18.2 Å². The maximum Gasteiger partial charge on any atom is 0.238 e. The second kappa shape index (κ2) is 8.09. The molecule has 1 aliphatic rings. The van der Waals surface area contributed by atoms with E-state index in [1.807, 2.05) is 0 Å². The number of nitrogens with one attached hydrogen (secondary N) is 1. The monoisotopic (exact) mass is 377 g/mol. The molecule has 0 radical (unpaired) electrons. The molecule has 1 fully saturated rings. The van der Waals surface area contributed by atoms with Gasteiger partial charge in [-0.1, -0.05) is 35.3 Å². The first kappa shape index (κ1) is 18.1. The van der Waals surface area contributed by atoms with Gasteiger partial charge in [0.1, 0.15) is 0 Å². The number of aryl methyl sites for hydroxylation is 1. The van der Waals surface area contributed by atoms with Crippen molar-refractivity contribution in [2.45, 2.75) is 6.92 Å². The Morgan fingerprint density at radius 1 is 1.04 bits per heavy atom. The minimum absolute atomic E-state index is 0.0394. The van der Waals surface area contributed by atoms with Crippen LogP contribution in [0.4, 0.5) is 11.4 Å². The Balaban J connectivity index is 1.50. The van der Waals surface area contributed by atoms with Crippen molar-refractivity contribution in [3.63, 3.8) is 0 Å². The molecule has 132 valence electrons. The highest BCUT2D eigenvalue weighted by atomic mass is 35.5. The van der Waals surface area contributed by atoms with Crippen molar-refractivity contribution in [1.29, 1.82) is 0 Å². The number of halogens is 2. The predicted molar refractivity (Wildman–Crippen MR) is 105 cm³/mol. The third-order valence-electron chi connectivity index (χ3n) is 4.31. The number of benzene rings is 2. The average molecular weight is 378 g/mol. The van der Waals surface area contributed by atoms with Crippen LogP contribution >= 0.6 is 23.2 Å². The molecule has 1 heterocycles. The molecule has 0 spiro atoms. The van der Waals surface area contributed by atoms with E-state index in [2.05, 4.69) is 46.3 Å². The lowest BCUT2D eigenvalue weighted by Crippen LogP contribution is -2.48. The van der Waals surface area contributed by atoms with Gasteiger partial charge in [0.2, 0.25) is 5.91 Å². The van der Waals surface area contributed by atoms with Crippen LogP contribution in [0.15, 0.2) is 42.5 Å². The van der Waals surface area contributed by atoms with Crippen molar-refractivity contribution in [1.82, 2.24) is 4.90 Å². The topological polar surface area (TPSA) is 35.6 Å². The van der Waals surface area contributed by atoms with Crippen molar-refractivity contribution < 1.29 is 4.79 Å². The lowest BCUT2D eigenvalue weighted by molar-refractivity contribution is -0.117. The molecule has 1 aliphatic heterocycles. The number of amides is 1. The van der Waals surface area contributed by atoms with Gasteiger partial charge in [0.05, 0.1) is 16.6 Å². The summed E-state index contributed by atoms with van der Waals surface area (Å²) in [7, 11) is 0. The van der Waals surface area contributed by atoms with Crippen LogP contribution in [0, 0.1) is 6.92 Å². The zero-order chi connectivity index (χ0) is 17.8. The molecule has 25 heavy (non-hydrogen) atoms. The van der Waals surface area contributed by atoms with E-state index in [-0.39, 0.29) is 5.91 Å². The number of anilines is 2. The molecular weight excluding hydrogens is 357 g/mol. The average Bonchev–Trinajstić information content (AvgIpc) is 2.59. The van der Waals surface area contributed by atoms with Crippen LogP contribution < -0.4 is 10.2 Å². The second-order valence-corrected chi connectivity index (χ2v) is 7.09. The highest BCUT2D eigenvalue weighted by molar-refractivity contribution is 6.42. The zero-order valence-electron chi connectivity index (χ0n) is 14.1. The molecular formula is C19H21Cl2N3O. The fraction of sp³-hybridized carbons (Fsp3) is 0.316. The van der Waals surface area contributed by atoms with Gasteiger partial charge < -0.3 is 10.2 Å². The molecule has 2 aromatic rings. The summed E-state index contributed by atoms with van der Waals surface area (Å²) < 4.78 is 0. The van der Waals surface area contributed by atoms with Crippen LogP contribution in [0.5, 0.6) is 0 Å². The Morgan fingerprint density at radius 3 is 2.48 bits per heavy atom. The summed E-state index contributed by atoms with van der Waals surface area (Å²) in [5, 5.41) is 3.79. The lowest BCUT2D eigenvalue weighted by atomic mass is 10.2. The van der Waals surface area contributed by atoms with Crippen molar-refractivity contribution in [2.24, 2.45) is 0 Å². The molecule has 0 aliphatic carbocycles. The van der Waals surface area contributed by atoms with Gasteiger partial charge in [0.25, 0.3) is 0 Å². The number of carbonyl (C=O) groups is 1. The summed E-state index contributed by atoms with van der Waals surface area (Å²) >= 11 is 11.9. The van der Waals surface area contributed by atoms with E-state index in [0.717, 1.165) is 26.2 Å². The maximum absolute atomic E-state index is 12.2. The van der Waals surface area contributed by atoms with Crippen molar-refractivity contribution in [2.75, 3.05) is 42.9 Å². The summed E-state index contributed by atoms with van der Waals surface area (Å²) in [5.41, 5.74) is 3.18. The molecule has 0 aromatic heterocycles. The Bertz CT molecular complexity index is 758. The van der Waals surface area contributed by atoms with Crippen LogP contribution in [0.25, 0.3) is 0 Å². The van der Waals surface area contributed by atoms with E-state index < -0.39 is 0 Å². The highest BCUT2D eigenvalue weighted by Gasteiger charge is 2.19. The smallest absolute Gasteiger partial charge is 0.238 e. The number of hydrogen-bond donors (Lipinski definition) is 1. The highest BCUT2D eigenvalue weighted by Crippen LogP contribution is 2.25. The maximum atomic E-state index is 12.2. The van der Waals surface area contributed by atoms with Gasteiger partial charge in [-0.05, 0) is 42.8 Å². The second-order valence-electron chi connectivity index (χ2n) is 6.28. The molecule has 3 rings (SSSR count). The fourth-order valence-electron chi connectivity index (χ4n) is 2.97. The Morgan fingerprint density at radius 2 is 1.80 bits per heavy atom. The Kier molecular flexibility index (Phi) is 5.84. The SMILES string of the molecule is Cc1cccc(N2CCN(CC(=O)Nc3ccc(Cl)c(Cl)c3)CC2)c1. The lowest BCUT2D eigenvalue weighted by Gasteiger charge is -2.35. The first-order valence-corrected chi connectivity index (χ1v) is 9.06. The first-order valence-electron chi connectivity index (χ1n) is 8.30. The van der Waals surface area contributed by atoms with Crippen LogP contribution in [-0.4, -0.2) is 43.5 Å². The van der Waals surface area contributed by atoms with E-state index in [4.69, 9.17) is 23.2 Å². The Labute approximate surface area is 158 Å². The third-order valence-corrected chi connectivity index (χ3v) is 5.05. The normalized spacial score (nSPS) is 15.2. The van der Waals surface area contributed by atoms with Crippen LogP contribution in [0.2, 0.25) is 10.0 Å². The van der Waals surface area contributed by atoms with Crippen molar-refractivity contribution >= 4 is 40.5 Å². The van der Waals surface area contributed by atoms with E-state index in [1.165, 1.54) is 11.3 Å². The predicted octanol–water partition coefficient (Wildman–Crippen LogP) is 4.06. The summed E-state index contributed by atoms with van der Waals surface area (Å²) in [5.74, 6) is -0.0394. The number of carbonyl (C=O) groups excluding carboxylic acids is 1. The third kappa shape index (κ3) is 4.88. The molecule has 2 aromatic carbocycles. The summed E-state index contributed by atoms with van der Waals surface area (Å²) in [4.78, 5) is 16.8. The van der Waals surface area contributed by atoms with E-state index >= 15 is 0 Å². The standard InChI is InChI=1S/C19H21Cl2N3O/c1-14-3-2-4-16(11-14)24-9-7-23(8-10-24)13-19(25)22-15-5-6-17(20)18(21)12-15/h2-6,11-12H,7-10,13H2,1H3,(H,22,25). The summed E-state index contributed by atoms with van der Waals surface area (Å²) in [6.45, 7) is 6.05. The number of hydrogen-bond acceptors (Lipinski definition) is 3. The molecule has 1 N–H and O–H groups in total. The zero-order valence-corrected chi connectivity index (χ0v) is 15.6. The quantitative estimate of drug-likeness (QED) is 0.872. The largest absolute Gasteiger partial charge is 0.369 e. The molecule has 0 atom stereocenters. The molecule has 0 saturated carbocycles. The van der Waals surface area contributed by atoms with Crippen LogP contribution in [0.1, 0.15) is 5.56 Å². The summed E-state index contributed by atoms with van der Waals surface area (Å²) in [6, 6.07) is 13.6. The van der Waals surface area contributed by atoms with Gasteiger partial charge in [-0.3, -0.25) is 9.69 Å². The minimum Gasteiger partial charge on any atom is -0.369 e. The molecule has 0 bridgehead atoms. The van der Waals surface area contributed by atoms with Crippen LogP contribution in [-0.2, 0) is 4.79 Å². The molecule has 4 nitrogen and oxygen atoms in total. The molecule has 0 unspecified atom stereocenters. The van der Waals surface area contributed by atoms with E-state index in [9.17, 15) is 4.79 Å². The number of nitrogens with zero attached hydrogens (tertiary/aromatic N) is 2.